The maximum absolute atomic E-state index is 3.98. The quantitative estimate of drug-likeness (QED) is 0.504. The Morgan fingerprint density at radius 2 is 2.14 bits per heavy atom. The molecule has 4 heteroatoms. The Kier molecular flexibility index (Phi) is 3.40. The fourth-order valence-corrected chi connectivity index (χ4v) is 4.65. The zero-order chi connectivity index (χ0) is 14.3. The van der Waals surface area contributed by atoms with Gasteiger partial charge in [0.2, 0.25) is 0 Å². The number of halogens is 1. The van der Waals surface area contributed by atoms with Gasteiger partial charge in [0.05, 0.1) is 5.69 Å². The fraction of sp³-hybridized carbons (Fsp3) is 0.294. The lowest BCUT2D eigenvalue weighted by Gasteiger charge is -2.33. The van der Waals surface area contributed by atoms with E-state index in [4.69, 9.17) is 0 Å². The number of hydrogen-bond donors (Lipinski definition) is 2. The topological polar surface area (TPSA) is 27.8 Å². The van der Waals surface area contributed by atoms with Gasteiger partial charge < -0.3 is 4.98 Å². The highest BCUT2D eigenvalue weighted by Crippen LogP contribution is 2.42. The Hall–Kier alpha value is -1.10. The van der Waals surface area contributed by atoms with Gasteiger partial charge in [-0.3, -0.25) is 5.32 Å². The average molecular weight is 361 g/mol. The predicted molar refractivity (Wildman–Crippen MR) is 93.0 cm³/mol. The van der Waals surface area contributed by atoms with E-state index in [-0.39, 0.29) is 4.45 Å². The third-order valence-electron chi connectivity index (χ3n) is 4.28. The molecule has 0 saturated heterocycles. The van der Waals surface area contributed by atoms with Crippen LogP contribution in [0, 0.1) is 0 Å². The number of nitrogens with one attached hydrogen (secondary N) is 2. The summed E-state index contributed by atoms with van der Waals surface area (Å²) in [5.74, 6) is 0. The Labute approximate surface area is 136 Å². The molecule has 0 radical (unpaired) electrons. The van der Waals surface area contributed by atoms with E-state index < -0.39 is 0 Å². The van der Waals surface area contributed by atoms with Gasteiger partial charge in [-0.05, 0) is 42.3 Å². The van der Waals surface area contributed by atoms with E-state index in [0.29, 0.717) is 0 Å². The van der Waals surface area contributed by atoms with Crippen molar-refractivity contribution in [2.45, 2.75) is 30.3 Å². The zero-order valence-corrected chi connectivity index (χ0v) is 14.1. The Morgan fingerprint density at radius 1 is 1.24 bits per heavy atom. The van der Waals surface area contributed by atoms with Gasteiger partial charge in [-0.25, -0.2) is 0 Å². The van der Waals surface area contributed by atoms with Crippen molar-refractivity contribution in [1.29, 1.82) is 0 Å². The summed E-state index contributed by atoms with van der Waals surface area (Å²) in [6.07, 6.45) is 3.48. The molecule has 0 amide bonds. The average Bonchev–Trinajstić information content (AvgIpc) is 3.14. The minimum absolute atomic E-state index is 0.135. The third kappa shape index (κ3) is 2.35. The van der Waals surface area contributed by atoms with E-state index in [0.717, 1.165) is 19.4 Å². The van der Waals surface area contributed by atoms with Crippen LogP contribution in [0.15, 0.2) is 41.8 Å². The number of aromatic amines is 1. The molecule has 4 rings (SSSR count). The lowest BCUT2D eigenvalue weighted by Crippen LogP contribution is -2.39. The summed E-state index contributed by atoms with van der Waals surface area (Å²) in [7, 11) is 0. The number of aromatic nitrogens is 1. The van der Waals surface area contributed by atoms with E-state index in [1.54, 1.807) is 11.3 Å². The number of hydrogen-bond acceptors (Lipinski definition) is 2. The molecule has 2 nitrogen and oxygen atoms in total. The highest BCUT2D eigenvalue weighted by molar-refractivity contribution is 9.09. The van der Waals surface area contributed by atoms with Crippen LogP contribution in [0.2, 0.25) is 0 Å². The number of benzene rings is 1. The van der Waals surface area contributed by atoms with Gasteiger partial charge in [0.1, 0.15) is 4.45 Å². The monoisotopic (exact) mass is 360 g/mol. The molecule has 0 spiro atoms. The molecule has 2 aromatic heterocycles. The lowest BCUT2D eigenvalue weighted by atomic mass is 9.91. The van der Waals surface area contributed by atoms with Crippen LogP contribution in [0.25, 0.3) is 10.9 Å². The van der Waals surface area contributed by atoms with Crippen molar-refractivity contribution in [3.8, 4) is 0 Å². The maximum atomic E-state index is 3.98. The highest BCUT2D eigenvalue weighted by atomic mass is 79.9. The number of alkyl halides is 1. The number of fused-ring (bicyclic) bond motifs is 3. The molecule has 0 saturated carbocycles. The molecule has 0 fully saturated rings. The minimum atomic E-state index is -0.135. The molecule has 21 heavy (non-hydrogen) atoms. The Bertz CT molecular complexity index is 762. The molecule has 2 N–H and O–H groups in total. The molecule has 1 unspecified atom stereocenters. The largest absolute Gasteiger partial charge is 0.356 e. The molecule has 0 aliphatic heterocycles. The molecule has 1 aliphatic rings. The molecule has 1 aliphatic carbocycles. The first kappa shape index (κ1) is 13.6. The van der Waals surface area contributed by atoms with Gasteiger partial charge in [-0.2, -0.15) is 0 Å². The molecular weight excluding hydrogens is 344 g/mol. The Morgan fingerprint density at radius 3 is 3.00 bits per heavy atom. The standard InChI is InChI=1S/C17H17BrN2S/c18-17(19-11-12-5-4-10-21-12)9-3-7-14-13-6-1-2-8-15(13)20-16(14)17/h1-2,4-6,8,10,19-20H,3,7,9,11H2. The van der Waals surface area contributed by atoms with E-state index in [2.05, 4.69) is 68.0 Å². The van der Waals surface area contributed by atoms with Crippen molar-refractivity contribution in [2.24, 2.45) is 0 Å². The summed E-state index contributed by atoms with van der Waals surface area (Å²) in [4.78, 5) is 5.00. The number of rotatable bonds is 3. The van der Waals surface area contributed by atoms with Gasteiger partial charge in [-0.1, -0.05) is 40.2 Å². The maximum Gasteiger partial charge on any atom is 0.115 e. The second-order valence-corrected chi connectivity index (χ2v) is 8.00. The summed E-state index contributed by atoms with van der Waals surface area (Å²) in [5.41, 5.74) is 4.02. The van der Waals surface area contributed by atoms with E-state index >= 15 is 0 Å². The summed E-state index contributed by atoms with van der Waals surface area (Å²) < 4.78 is -0.135. The zero-order valence-electron chi connectivity index (χ0n) is 11.7. The van der Waals surface area contributed by atoms with Crippen molar-refractivity contribution in [2.75, 3.05) is 0 Å². The van der Waals surface area contributed by atoms with Crippen LogP contribution in [0.5, 0.6) is 0 Å². The molecule has 108 valence electrons. The van der Waals surface area contributed by atoms with Crippen molar-refractivity contribution in [3.05, 3.63) is 57.9 Å². The van der Waals surface area contributed by atoms with Gasteiger partial charge in [0, 0.05) is 22.3 Å². The first-order valence-corrected chi connectivity index (χ1v) is 9.00. The van der Waals surface area contributed by atoms with Crippen LogP contribution >= 0.6 is 27.3 Å². The summed E-state index contributed by atoms with van der Waals surface area (Å²) >= 11 is 5.78. The summed E-state index contributed by atoms with van der Waals surface area (Å²) in [5, 5.41) is 7.21. The van der Waals surface area contributed by atoms with Gasteiger partial charge >= 0.3 is 0 Å². The second-order valence-electron chi connectivity index (χ2n) is 5.61. The number of H-pyrrole nitrogens is 1. The smallest absolute Gasteiger partial charge is 0.115 e. The molecule has 0 bridgehead atoms. The van der Waals surface area contributed by atoms with Crippen LogP contribution in [0.4, 0.5) is 0 Å². The predicted octanol–water partition coefficient (Wildman–Crippen LogP) is 4.90. The highest BCUT2D eigenvalue weighted by Gasteiger charge is 2.36. The van der Waals surface area contributed by atoms with Crippen LogP contribution in [0.1, 0.15) is 29.0 Å². The first-order chi connectivity index (χ1) is 10.3. The van der Waals surface area contributed by atoms with Gasteiger partial charge in [0.15, 0.2) is 0 Å². The minimum Gasteiger partial charge on any atom is -0.356 e. The van der Waals surface area contributed by atoms with Crippen molar-refractivity contribution in [1.82, 2.24) is 10.3 Å². The molecule has 2 heterocycles. The SMILES string of the molecule is BrC1(NCc2cccs2)CCCc2c1[nH]c1ccccc21. The third-order valence-corrected chi connectivity index (χ3v) is 6.23. The van der Waals surface area contributed by atoms with Crippen molar-refractivity contribution in [3.63, 3.8) is 0 Å². The van der Waals surface area contributed by atoms with Crippen molar-refractivity contribution >= 4 is 38.2 Å². The molecular formula is C17H17BrN2S. The molecule has 3 aromatic rings. The fourth-order valence-electron chi connectivity index (χ4n) is 3.25. The number of para-hydroxylation sites is 1. The number of thiophene rings is 1. The summed E-state index contributed by atoms with van der Waals surface area (Å²) in [6, 6.07) is 12.9. The lowest BCUT2D eigenvalue weighted by molar-refractivity contribution is 0.418. The van der Waals surface area contributed by atoms with E-state index in [1.807, 2.05) is 0 Å². The van der Waals surface area contributed by atoms with Gasteiger partial charge in [0.25, 0.3) is 0 Å². The van der Waals surface area contributed by atoms with E-state index in [1.165, 1.54) is 33.5 Å². The molecule has 1 aromatic carbocycles. The Balaban J connectivity index is 1.71. The van der Waals surface area contributed by atoms with Crippen LogP contribution in [-0.4, -0.2) is 4.98 Å². The molecule has 1 atom stereocenters. The summed E-state index contributed by atoms with van der Waals surface area (Å²) in [6.45, 7) is 0.901. The van der Waals surface area contributed by atoms with Crippen LogP contribution < -0.4 is 5.32 Å². The number of aryl methyl sites for hydroxylation is 1. The van der Waals surface area contributed by atoms with E-state index in [9.17, 15) is 0 Å². The van der Waals surface area contributed by atoms with Crippen molar-refractivity contribution < 1.29 is 0 Å². The second kappa shape index (κ2) is 5.27. The normalized spacial score (nSPS) is 21.6. The van der Waals surface area contributed by atoms with Gasteiger partial charge in [-0.15, -0.1) is 11.3 Å². The first-order valence-electron chi connectivity index (χ1n) is 7.33. The van der Waals surface area contributed by atoms with Crippen LogP contribution in [-0.2, 0) is 17.4 Å². The van der Waals surface area contributed by atoms with Crippen LogP contribution in [0.3, 0.4) is 0 Å².